The van der Waals surface area contributed by atoms with Gasteiger partial charge in [0.2, 0.25) is 5.91 Å². The van der Waals surface area contributed by atoms with E-state index in [1.807, 2.05) is 18.2 Å². The Morgan fingerprint density at radius 1 is 1.21 bits per heavy atom. The zero-order chi connectivity index (χ0) is 20.4. The molecule has 0 aliphatic carbocycles. The van der Waals surface area contributed by atoms with Crippen LogP contribution in [0.15, 0.2) is 41.3 Å². The number of ether oxygens (including phenoxy) is 2. The first-order chi connectivity index (χ1) is 14.0. The summed E-state index contributed by atoms with van der Waals surface area (Å²) < 4.78 is 10.5. The molecular weight excluding hydrogens is 392 g/mol. The molecule has 2 aliphatic rings. The number of carbonyl (C=O) groups excluding carboxylic acids is 3. The Hall–Kier alpha value is -3.00. The molecule has 0 saturated carbocycles. The lowest BCUT2D eigenvalue weighted by Gasteiger charge is -2.29. The van der Waals surface area contributed by atoms with Crippen LogP contribution in [0, 0.1) is 0 Å². The number of anilines is 2. The van der Waals surface area contributed by atoms with E-state index < -0.39 is 5.97 Å². The Balaban J connectivity index is 1.42. The van der Waals surface area contributed by atoms with Crippen molar-refractivity contribution in [3.63, 3.8) is 0 Å². The number of thioether (sulfide) groups is 1. The predicted molar refractivity (Wildman–Crippen MR) is 110 cm³/mol. The fourth-order valence-electron chi connectivity index (χ4n) is 3.46. The van der Waals surface area contributed by atoms with E-state index in [2.05, 4.69) is 5.32 Å². The van der Waals surface area contributed by atoms with E-state index >= 15 is 0 Å². The van der Waals surface area contributed by atoms with Crippen molar-refractivity contribution in [2.75, 3.05) is 36.2 Å². The van der Waals surface area contributed by atoms with E-state index in [1.165, 1.54) is 11.8 Å². The highest BCUT2D eigenvalue weighted by Gasteiger charge is 2.24. The number of fused-ring (bicyclic) bond motifs is 2. The molecule has 1 N–H and O–H groups in total. The van der Waals surface area contributed by atoms with Gasteiger partial charge in [0.05, 0.1) is 24.1 Å². The van der Waals surface area contributed by atoms with Gasteiger partial charge in [0, 0.05) is 17.1 Å². The van der Waals surface area contributed by atoms with Crippen molar-refractivity contribution in [3.8, 4) is 5.75 Å². The minimum absolute atomic E-state index is 0.108. The van der Waals surface area contributed by atoms with Crippen molar-refractivity contribution in [3.05, 3.63) is 47.5 Å². The lowest BCUT2D eigenvalue weighted by Crippen LogP contribution is -2.38. The van der Waals surface area contributed by atoms with Crippen LogP contribution < -0.4 is 15.0 Å². The number of hydrogen-bond acceptors (Lipinski definition) is 6. The molecule has 2 aromatic rings. The van der Waals surface area contributed by atoms with Crippen LogP contribution in [0.25, 0.3) is 0 Å². The normalized spacial score (nSPS) is 15.1. The summed E-state index contributed by atoms with van der Waals surface area (Å²) in [4.78, 5) is 39.2. The van der Waals surface area contributed by atoms with Crippen molar-refractivity contribution in [1.29, 1.82) is 0 Å². The smallest absolute Gasteiger partial charge is 0.338 e. The largest absolute Gasteiger partial charge is 0.497 e. The van der Waals surface area contributed by atoms with Crippen LogP contribution in [0.2, 0.25) is 0 Å². The van der Waals surface area contributed by atoms with Crippen molar-refractivity contribution < 1.29 is 23.9 Å². The highest BCUT2D eigenvalue weighted by Crippen LogP contribution is 2.32. The van der Waals surface area contributed by atoms with Crippen LogP contribution in [0.1, 0.15) is 22.3 Å². The third-order valence-electron chi connectivity index (χ3n) is 4.88. The Bertz CT molecular complexity index is 991. The average Bonchev–Trinajstić information content (AvgIpc) is 2.75. The highest BCUT2D eigenvalue weighted by atomic mass is 32.2. The summed E-state index contributed by atoms with van der Waals surface area (Å²) in [5, 5.41) is 2.74. The molecule has 150 valence electrons. The maximum Gasteiger partial charge on any atom is 0.338 e. The molecule has 2 aromatic carbocycles. The zero-order valence-corrected chi connectivity index (χ0v) is 16.7. The number of esters is 1. The van der Waals surface area contributed by atoms with E-state index in [9.17, 15) is 14.4 Å². The molecule has 4 rings (SSSR count). The number of hydrogen-bond donors (Lipinski definition) is 1. The zero-order valence-electron chi connectivity index (χ0n) is 15.9. The van der Waals surface area contributed by atoms with E-state index in [0.717, 1.165) is 34.7 Å². The van der Waals surface area contributed by atoms with Crippen LogP contribution >= 0.6 is 11.8 Å². The first kappa shape index (κ1) is 19.3. The second kappa shape index (κ2) is 8.16. The van der Waals surface area contributed by atoms with E-state index in [4.69, 9.17) is 9.47 Å². The predicted octanol–water partition coefficient (Wildman–Crippen LogP) is 2.88. The van der Waals surface area contributed by atoms with Crippen LogP contribution in [0.5, 0.6) is 5.75 Å². The number of rotatable bonds is 4. The molecule has 0 atom stereocenters. The molecule has 2 amide bonds. The molecule has 2 heterocycles. The fourth-order valence-corrected chi connectivity index (χ4v) is 4.25. The highest BCUT2D eigenvalue weighted by molar-refractivity contribution is 8.00. The van der Waals surface area contributed by atoms with Crippen molar-refractivity contribution in [1.82, 2.24) is 0 Å². The first-order valence-electron chi connectivity index (χ1n) is 9.26. The molecule has 0 saturated heterocycles. The van der Waals surface area contributed by atoms with Gasteiger partial charge in [-0.1, -0.05) is 0 Å². The molecule has 0 fully saturated rings. The number of amides is 2. The van der Waals surface area contributed by atoms with Crippen molar-refractivity contribution in [2.24, 2.45) is 0 Å². The number of nitrogens with zero attached hydrogens (tertiary/aromatic N) is 1. The van der Waals surface area contributed by atoms with Crippen LogP contribution in [-0.4, -0.2) is 43.8 Å². The summed E-state index contributed by atoms with van der Waals surface area (Å²) in [5.41, 5.74) is 2.75. The van der Waals surface area contributed by atoms with Crippen LogP contribution in [0.4, 0.5) is 11.4 Å². The molecule has 0 radical (unpaired) electrons. The lowest BCUT2D eigenvalue weighted by atomic mass is 10.0. The summed E-state index contributed by atoms with van der Waals surface area (Å²) in [7, 11) is 1.61. The molecule has 2 aliphatic heterocycles. The summed E-state index contributed by atoms with van der Waals surface area (Å²) >= 11 is 1.42. The monoisotopic (exact) mass is 412 g/mol. The second-order valence-corrected chi connectivity index (χ2v) is 7.78. The Morgan fingerprint density at radius 3 is 2.90 bits per heavy atom. The van der Waals surface area contributed by atoms with Gasteiger partial charge in [-0.3, -0.25) is 9.59 Å². The number of aryl methyl sites for hydroxylation is 1. The van der Waals surface area contributed by atoms with Gasteiger partial charge in [0.1, 0.15) is 5.75 Å². The van der Waals surface area contributed by atoms with Gasteiger partial charge in [0.25, 0.3) is 5.91 Å². The summed E-state index contributed by atoms with van der Waals surface area (Å²) in [6.07, 6.45) is 1.71. The van der Waals surface area contributed by atoms with Gasteiger partial charge in [0.15, 0.2) is 6.61 Å². The lowest BCUT2D eigenvalue weighted by molar-refractivity contribution is -0.121. The fraction of sp³-hybridized carbons (Fsp3) is 0.286. The Morgan fingerprint density at radius 2 is 2.07 bits per heavy atom. The number of nitrogens with one attached hydrogen (secondary N) is 1. The summed E-state index contributed by atoms with van der Waals surface area (Å²) in [6, 6.07) is 10.6. The topological polar surface area (TPSA) is 84.9 Å². The number of carbonyl (C=O) groups is 3. The van der Waals surface area contributed by atoms with Crippen molar-refractivity contribution in [2.45, 2.75) is 17.7 Å². The Kier molecular flexibility index (Phi) is 5.44. The van der Waals surface area contributed by atoms with Gasteiger partial charge >= 0.3 is 5.97 Å². The van der Waals surface area contributed by atoms with Crippen LogP contribution in [0.3, 0.4) is 0 Å². The molecule has 7 nitrogen and oxygen atoms in total. The van der Waals surface area contributed by atoms with E-state index in [-0.39, 0.29) is 18.4 Å². The molecule has 29 heavy (non-hydrogen) atoms. The SMILES string of the molecule is COc1ccc2c(c1)CCCN2C(=O)COC(=O)c1ccc2c(c1)NC(=O)CS2. The van der Waals surface area contributed by atoms with Gasteiger partial charge in [-0.05, 0) is 54.8 Å². The molecule has 0 unspecified atom stereocenters. The summed E-state index contributed by atoms with van der Waals surface area (Å²) in [5.74, 6) is 0.129. The van der Waals surface area contributed by atoms with Gasteiger partial charge in [-0.2, -0.15) is 0 Å². The second-order valence-electron chi connectivity index (χ2n) is 6.77. The molecule has 0 aromatic heterocycles. The van der Waals surface area contributed by atoms with Gasteiger partial charge in [-0.25, -0.2) is 4.79 Å². The third kappa shape index (κ3) is 4.07. The molecule has 8 heteroatoms. The molecular formula is C21H20N2O5S. The number of methoxy groups -OCH3 is 1. The minimum atomic E-state index is -0.599. The molecule has 0 bridgehead atoms. The van der Waals surface area contributed by atoms with Crippen LogP contribution in [-0.2, 0) is 20.7 Å². The molecule has 0 spiro atoms. The third-order valence-corrected chi connectivity index (χ3v) is 5.95. The maximum absolute atomic E-state index is 12.7. The maximum atomic E-state index is 12.7. The average molecular weight is 412 g/mol. The van der Waals surface area contributed by atoms with Crippen molar-refractivity contribution >= 4 is 40.9 Å². The first-order valence-corrected chi connectivity index (χ1v) is 10.2. The quantitative estimate of drug-likeness (QED) is 0.778. The van der Waals surface area contributed by atoms with Gasteiger partial charge < -0.3 is 19.7 Å². The minimum Gasteiger partial charge on any atom is -0.497 e. The van der Waals surface area contributed by atoms with E-state index in [0.29, 0.717) is 23.5 Å². The standard InChI is InChI=1S/C21H20N2O5S/c1-27-15-5-6-17-13(9-15)3-2-8-23(17)20(25)11-28-21(26)14-4-7-18-16(10-14)22-19(24)12-29-18/h4-7,9-10H,2-3,8,11-12H2,1H3,(H,22,24). The number of benzene rings is 2. The van der Waals surface area contributed by atoms with Gasteiger partial charge in [-0.15, -0.1) is 11.8 Å². The van der Waals surface area contributed by atoms with E-state index in [1.54, 1.807) is 30.2 Å². The summed E-state index contributed by atoms with van der Waals surface area (Å²) in [6.45, 7) is 0.236. The Labute approximate surface area is 172 Å².